The predicted molar refractivity (Wildman–Crippen MR) is 374 cm³/mol. The highest BCUT2D eigenvalue weighted by Gasteiger charge is 2.58. The third-order valence-electron chi connectivity index (χ3n) is 18.2. The zero-order valence-corrected chi connectivity index (χ0v) is 60.6. The zero-order valence-electron chi connectivity index (χ0n) is 59.8. The Balaban J connectivity index is 1.77. The van der Waals surface area contributed by atoms with E-state index >= 15 is 0 Å². The van der Waals surface area contributed by atoms with E-state index in [2.05, 4.69) is 32.9 Å². The third kappa shape index (κ3) is 38.3. The van der Waals surface area contributed by atoms with Gasteiger partial charge in [0.15, 0.2) is 18.7 Å². The van der Waals surface area contributed by atoms with Crippen LogP contribution in [0.15, 0.2) is 60.8 Å². The first kappa shape index (κ1) is 89.9. The summed E-state index contributed by atoms with van der Waals surface area (Å²) in [6.45, 7) is 3.21. The second kappa shape index (κ2) is 55.2. The Hall–Kier alpha value is -3.34. The van der Waals surface area contributed by atoms with Crippen molar-refractivity contribution in [2.75, 3.05) is 26.4 Å². The predicted octanol–water partition coefficient (Wildman–Crippen LogP) is 10.2. The highest BCUT2D eigenvalue weighted by atomic mass is 31.2. The molecule has 0 amide bonds. The van der Waals surface area contributed by atoms with Crippen molar-refractivity contribution in [3.8, 4) is 0 Å². The van der Waals surface area contributed by atoms with Crippen molar-refractivity contribution in [1.82, 2.24) is 0 Å². The fraction of sp³-hybridized carbons (Fsp3) is 0.824. The molecule has 0 aromatic carbocycles. The molecule has 99 heavy (non-hydrogen) atoms. The average molecular weight is 1430 g/mol. The lowest BCUT2D eigenvalue weighted by atomic mass is 9.84. The molecular weight excluding hydrogens is 1300 g/mol. The molecule has 0 spiro atoms. The van der Waals surface area contributed by atoms with Gasteiger partial charge in [-0.2, -0.15) is 0 Å². The first-order chi connectivity index (χ1) is 47.8. The number of allylic oxidation sites excluding steroid dienone is 8. The van der Waals surface area contributed by atoms with Gasteiger partial charge in [0.2, 0.25) is 0 Å². The summed E-state index contributed by atoms with van der Waals surface area (Å²) in [5.41, 5.74) is 0. The first-order valence-corrected chi connectivity index (χ1v) is 39.1. The van der Waals surface area contributed by atoms with E-state index in [1.807, 2.05) is 12.2 Å². The van der Waals surface area contributed by atoms with Crippen molar-refractivity contribution in [1.29, 1.82) is 0 Å². The maximum absolute atomic E-state index is 14.3. The highest BCUT2D eigenvalue weighted by molar-refractivity contribution is 7.47. The lowest BCUT2D eigenvalue weighted by Gasteiger charge is -2.49. The molecule has 2 heterocycles. The van der Waals surface area contributed by atoms with Crippen molar-refractivity contribution < 1.29 is 117 Å². The summed E-state index contributed by atoms with van der Waals surface area (Å²) in [6.07, 6.45) is 21.3. The normalized spacial score (nSPS) is 27.8. The molecule has 11 N–H and O–H groups in total. The number of phosphoric ester groups is 1. The van der Waals surface area contributed by atoms with Crippen LogP contribution in [0.1, 0.15) is 258 Å². The number of aliphatic hydroxyl groups is 10. The van der Waals surface area contributed by atoms with E-state index in [0.717, 1.165) is 89.2 Å². The number of esters is 3. The molecule has 24 nitrogen and oxygen atoms in total. The summed E-state index contributed by atoms with van der Waals surface area (Å²) in [5, 5.41) is 110. The molecule has 0 radical (unpaired) electrons. The minimum absolute atomic E-state index is 0.0855. The number of unbranched alkanes of at least 4 members (excludes halogenated alkanes) is 32. The SMILES string of the molecule is CCCCCCCCC/C=C\CCCCCC(=O)OC(COC(=O)/C=C/C=C/CCCCCCCCCCCCC)COP(=O)(O)OC1C(OC2OC(CO)C(O)C(O)C2O)C(O)C(O)C(O)C1OC1OC(COC(=O)/C=C/C=C/CCCCCCCCCCCCC)C(O)C(O)C1O. The molecular formula is C74H129O24P. The smallest absolute Gasteiger partial charge is 0.460 e. The highest BCUT2D eigenvalue weighted by Crippen LogP contribution is 2.49. The van der Waals surface area contributed by atoms with E-state index < -0.39 is 156 Å². The van der Waals surface area contributed by atoms with Crippen LogP contribution in [0.5, 0.6) is 0 Å². The number of carbonyl (C=O) groups is 3. The van der Waals surface area contributed by atoms with E-state index in [-0.39, 0.29) is 6.42 Å². The van der Waals surface area contributed by atoms with Gasteiger partial charge >= 0.3 is 25.7 Å². The second-order valence-corrected chi connectivity index (χ2v) is 28.2. The maximum Gasteiger partial charge on any atom is 0.472 e. The molecule has 1 saturated carbocycles. The first-order valence-electron chi connectivity index (χ1n) is 37.7. The molecule has 25 heteroatoms. The average Bonchev–Trinajstić information content (AvgIpc) is 0.763. The van der Waals surface area contributed by atoms with Gasteiger partial charge in [0.05, 0.1) is 13.2 Å². The van der Waals surface area contributed by atoms with E-state index in [4.69, 9.17) is 42.2 Å². The minimum Gasteiger partial charge on any atom is -0.460 e. The van der Waals surface area contributed by atoms with E-state index in [1.165, 1.54) is 153 Å². The van der Waals surface area contributed by atoms with Crippen molar-refractivity contribution in [3.05, 3.63) is 60.8 Å². The fourth-order valence-electron chi connectivity index (χ4n) is 12.1. The van der Waals surface area contributed by atoms with Crippen LogP contribution in [0.2, 0.25) is 0 Å². The number of aliphatic hydroxyl groups excluding tert-OH is 10. The Morgan fingerprint density at radius 2 is 0.778 bits per heavy atom. The molecule has 3 aliphatic rings. The molecule has 18 unspecified atom stereocenters. The van der Waals surface area contributed by atoms with Crippen molar-refractivity contribution in [3.63, 3.8) is 0 Å². The molecule has 574 valence electrons. The minimum atomic E-state index is -5.73. The molecule has 18 atom stereocenters. The number of hydrogen-bond acceptors (Lipinski definition) is 23. The second-order valence-electron chi connectivity index (χ2n) is 26.8. The molecule has 0 aromatic rings. The topological polar surface area (TPSA) is 374 Å². The van der Waals surface area contributed by atoms with Gasteiger partial charge < -0.3 is 89.1 Å². The summed E-state index contributed by atoms with van der Waals surface area (Å²) in [5.74, 6) is -2.50. The van der Waals surface area contributed by atoms with Crippen LogP contribution in [0.4, 0.5) is 0 Å². The lowest BCUT2D eigenvalue weighted by Crippen LogP contribution is -2.69. The summed E-state index contributed by atoms with van der Waals surface area (Å²) >= 11 is 0. The number of ether oxygens (including phenoxy) is 7. The van der Waals surface area contributed by atoms with Gasteiger partial charge in [0, 0.05) is 18.6 Å². The van der Waals surface area contributed by atoms with Crippen LogP contribution < -0.4 is 0 Å². The largest absolute Gasteiger partial charge is 0.472 e. The van der Waals surface area contributed by atoms with Gasteiger partial charge in [0.1, 0.15) is 98.7 Å². The summed E-state index contributed by atoms with van der Waals surface area (Å²) in [7, 11) is -5.73. The molecule has 3 rings (SSSR count). The maximum atomic E-state index is 14.3. The van der Waals surface area contributed by atoms with Crippen LogP contribution in [0, 0.1) is 0 Å². The van der Waals surface area contributed by atoms with Crippen molar-refractivity contribution >= 4 is 25.7 Å². The van der Waals surface area contributed by atoms with Gasteiger partial charge in [-0.25, -0.2) is 14.2 Å². The van der Waals surface area contributed by atoms with Gasteiger partial charge in [0.25, 0.3) is 0 Å². The summed E-state index contributed by atoms with van der Waals surface area (Å²) < 4.78 is 64.6. The monoisotopic (exact) mass is 1430 g/mol. The number of hydrogen-bond donors (Lipinski definition) is 11. The zero-order chi connectivity index (χ0) is 72.5. The van der Waals surface area contributed by atoms with Crippen molar-refractivity contribution in [2.24, 2.45) is 0 Å². The van der Waals surface area contributed by atoms with Crippen LogP contribution in [-0.2, 0) is 61.2 Å². The lowest BCUT2D eigenvalue weighted by molar-refractivity contribution is -0.360. The molecule has 1 aliphatic carbocycles. The molecule has 0 aromatic heterocycles. The van der Waals surface area contributed by atoms with Gasteiger partial charge in [-0.05, 0) is 57.8 Å². The van der Waals surface area contributed by atoms with Crippen LogP contribution >= 0.6 is 7.82 Å². The quantitative estimate of drug-likeness (QED) is 0.00513. The Morgan fingerprint density at radius 1 is 0.414 bits per heavy atom. The van der Waals surface area contributed by atoms with Crippen LogP contribution in [0.25, 0.3) is 0 Å². The summed E-state index contributed by atoms with van der Waals surface area (Å²) in [4.78, 5) is 50.7. The third-order valence-corrected chi connectivity index (χ3v) is 19.2. The Morgan fingerprint density at radius 3 is 1.20 bits per heavy atom. The molecule has 3 fully saturated rings. The van der Waals surface area contributed by atoms with E-state index in [9.17, 15) is 74.9 Å². The van der Waals surface area contributed by atoms with Gasteiger partial charge in [-0.15, -0.1) is 0 Å². The summed E-state index contributed by atoms with van der Waals surface area (Å²) in [6, 6.07) is 0. The van der Waals surface area contributed by atoms with Crippen LogP contribution in [-0.4, -0.2) is 204 Å². The fourth-order valence-corrected chi connectivity index (χ4v) is 13.0. The number of rotatable bonds is 57. The standard InChI is InChI=1S/C74H129O24P/c1-4-7-10-13-16-19-22-25-28-31-33-36-39-42-45-48-58(76)90-52-55(93-60(78)50-47-44-41-38-35-30-27-24-21-18-15-12-9-6-3)53-92-99(88,89)98-72-70(96-73-68(86)63(81)61(79)56(51-75)94-73)66(84)65(83)67(85)71(72)97-74-69(87)64(82)62(80)57(95-74)54-91-59(77)49-46-43-40-37-34-32-29-26-23-20-17-14-11-8-5-2/h30,35,39-40,42-43,45-46,48-49,55-57,61-75,79-87H,4-29,31-34,36-38,41,44,47,50-54H2,1-3H3,(H,88,89)/b35-30-,42-39+,43-40+,48-45+,49-46+. The van der Waals surface area contributed by atoms with Gasteiger partial charge in [-0.1, -0.05) is 243 Å². The molecule has 0 bridgehead atoms. The Bertz CT molecular complexity index is 2280. The van der Waals surface area contributed by atoms with E-state index in [1.54, 1.807) is 12.2 Å². The molecule has 2 saturated heterocycles. The number of phosphoric acid groups is 1. The van der Waals surface area contributed by atoms with Crippen molar-refractivity contribution in [2.45, 2.75) is 362 Å². The van der Waals surface area contributed by atoms with Crippen LogP contribution in [0.3, 0.4) is 0 Å². The van der Waals surface area contributed by atoms with E-state index in [0.29, 0.717) is 12.8 Å². The molecule has 2 aliphatic heterocycles. The number of carbonyl (C=O) groups excluding carboxylic acids is 3. The van der Waals surface area contributed by atoms with Gasteiger partial charge in [-0.3, -0.25) is 13.8 Å². The Kier molecular flexibility index (Phi) is 50.1. The Labute approximate surface area is 590 Å².